The Labute approximate surface area is 123 Å². The van der Waals surface area contributed by atoms with E-state index in [-0.39, 0.29) is 23.1 Å². The lowest BCUT2D eigenvalue weighted by molar-refractivity contribution is -0.141. The van der Waals surface area contributed by atoms with Crippen molar-refractivity contribution < 1.29 is 32.2 Å². The number of aromatic nitrogens is 1. The van der Waals surface area contributed by atoms with Gasteiger partial charge in [-0.3, -0.25) is 0 Å². The summed E-state index contributed by atoms with van der Waals surface area (Å²) < 4.78 is 48.3. The Morgan fingerprint density at radius 2 is 1.91 bits per heavy atom. The second-order valence-corrected chi connectivity index (χ2v) is 4.35. The van der Waals surface area contributed by atoms with Gasteiger partial charge in [-0.05, 0) is 25.1 Å². The molecule has 0 bridgehead atoms. The van der Waals surface area contributed by atoms with Crippen LogP contribution >= 0.6 is 0 Å². The topological polar surface area (TPSA) is 68.4 Å². The maximum atomic E-state index is 13.0. The number of aromatic amines is 1. The fourth-order valence-corrected chi connectivity index (χ4v) is 2.06. The molecule has 0 amide bonds. The number of halogens is 3. The molecule has 118 valence electrons. The minimum atomic E-state index is -4.76. The minimum Gasteiger partial charge on any atom is -0.465 e. The van der Waals surface area contributed by atoms with Crippen LogP contribution in [0.15, 0.2) is 18.2 Å². The Morgan fingerprint density at radius 3 is 2.45 bits per heavy atom. The zero-order chi connectivity index (χ0) is 16.5. The van der Waals surface area contributed by atoms with E-state index in [1.165, 1.54) is 18.2 Å². The molecule has 0 spiro atoms. The van der Waals surface area contributed by atoms with Gasteiger partial charge in [0.15, 0.2) is 0 Å². The van der Waals surface area contributed by atoms with Gasteiger partial charge >= 0.3 is 18.1 Å². The molecular weight excluding hydrogens is 303 g/mol. The highest BCUT2D eigenvalue weighted by Gasteiger charge is 2.39. The Balaban J connectivity index is 2.69. The summed E-state index contributed by atoms with van der Waals surface area (Å²) in [6, 6.07) is 3.77. The number of ether oxygens (including phenoxy) is 2. The number of esters is 2. The van der Waals surface area contributed by atoms with Gasteiger partial charge in [-0.15, -0.1) is 0 Å². The van der Waals surface area contributed by atoms with Gasteiger partial charge in [-0.1, -0.05) is 0 Å². The van der Waals surface area contributed by atoms with Crippen molar-refractivity contribution in [3.63, 3.8) is 0 Å². The molecule has 0 fully saturated rings. The Morgan fingerprint density at radius 1 is 1.23 bits per heavy atom. The van der Waals surface area contributed by atoms with Crippen molar-refractivity contribution in [1.29, 1.82) is 0 Å². The average molecular weight is 315 g/mol. The quantitative estimate of drug-likeness (QED) is 0.884. The molecule has 5 nitrogen and oxygen atoms in total. The van der Waals surface area contributed by atoms with Gasteiger partial charge < -0.3 is 14.5 Å². The lowest BCUT2D eigenvalue weighted by Gasteiger charge is -2.06. The van der Waals surface area contributed by atoms with E-state index in [0.29, 0.717) is 0 Å². The van der Waals surface area contributed by atoms with Gasteiger partial charge in [0.25, 0.3) is 0 Å². The number of fused-ring (bicyclic) bond motifs is 1. The summed E-state index contributed by atoms with van der Waals surface area (Å²) in [5.41, 5.74) is -1.75. The summed E-state index contributed by atoms with van der Waals surface area (Å²) >= 11 is 0. The number of alkyl halides is 3. The number of carbonyl (C=O) groups excluding carboxylic acids is 2. The molecule has 0 saturated heterocycles. The van der Waals surface area contributed by atoms with Gasteiger partial charge in [0.05, 0.1) is 24.8 Å². The van der Waals surface area contributed by atoms with Gasteiger partial charge in [0, 0.05) is 10.9 Å². The Bertz CT molecular complexity index is 733. The molecule has 0 saturated carbocycles. The first-order valence-corrected chi connectivity index (χ1v) is 6.28. The Hall–Kier alpha value is -2.51. The highest BCUT2D eigenvalue weighted by Crippen LogP contribution is 2.36. The minimum absolute atomic E-state index is 0.0484. The van der Waals surface area contributed by atoms with Crippen molar-refractivity contribution in [2.45, 2.75) is 13.1 Å². The SMILES string of the molecule is CCOC(=O)c1ccc2[nH]c(C(F)(F)F)c(C(=O)OC)c2c1. The second-order valence-electron chi connectivity index (χ2n) is 4.35. The van der Waals surface area contributed by atoms with Gasteiger partial charge in [-0.2, -0.15) is 13.2 Å². The van der Waals surface area contributed by atoms with E-state index in [1.807, 2.05) is 0 Å². The second kappa shape index (κ2) is 5.70. The summed E-state index contributed by atoms with van der Waals surface area (Å²) in [6.45, 7) is 1.73. The van der Waals surface area contributed by atoms with Crippen molar-refractivity contribution in [3.8, 4) is 0 Å². The molecule has 0 atom stereocenters. The van der Waals surface area contributed by atoms with E-state index in [1.54, 1.807) is 6.92 Å². The summed E-state index contributed by atoms with van der Waals surface area (Å²) in [7, 11) is 0.983. The van der Waals surface area contributed by atoms with Crippen LogP contribution in [-0.4, -0.2) is 30.6 Å². The summed E-state index contributed by atoms with van der Waals surface area (Å²) in [5.74, 6) is -1.82. The first-order chi connectivity index (χ1) is 10.3. The smallest absolute Gasteiger partial charge is 0.432 e. The van der Waals surface area contributed by atoms with Crippen LogP contribution < -0.4 is 0 Å². The third kappa shape index (κ3) is 2.76. The molecule has 0 radical (unpaired) electrons. The fourth-order valence-electron chi connectivity index (χ4n) is 2.06. The van der Waals surface area contributed by atoms with Crippen molar-refractivity contribution >= 4 is 22.8 Å². The van der Waals surface area contributed by atoms with Gasteiger partial charge in [-0.25, -0.2) is 9.59 Å². The molecule has 0 aliphatic rings. The average Bonchev–Trinajstić information content (AvgIpc) is 2.85. The summed E-state index contributed by atoms with van der Waals surface area (Å²) in [5, 5.41) is -0.0512. The number of hydrogen-bond donors (Lipinski definition) is 1. The van der Waals surface area contributed by atoms with Gasteiger partial charge in [0.2, 0.25) is 0 Å². The lowest BCUT2D eigenvalue weighted by Crippen LogP contribution is -2.13. The molecule has 2 aromatic rings. The molecule has 22 heavy (non-hydrogen) atoms. The van der Waals surface area contributed by atoms with E-state index < -0.39 is 29.4 Å². The molecule has 8 heteroatoms. The Kier molecular flexibility index (Phi) is 4.11. The standard InChI is InChI=1S/C14H12F3NO4/c1-3-22-12(19)7-4-5-9-8(6-7)10(13(20)21-2)11(18-9)14(15,16)17/h4-6,18H,3H2,1-2H3. The molecule has 1 N–H and O–H groups in total. The fraction of sp³-hybridized carbons (Fsp3) is 0.286. The van der Waals surface area contributed by atoms with Crippen LogP contribution in [0.3, 0.4) is 0 Å². The number of carbonyl (C=O) groups is 2. The molecule has 1 heterocycles. The van der Waals surface area contributed by atoms with Crippen LogP contribution in [-0.2, 0) is 15.7 Å². The number of rotatable bonds is 3. The first-order valence-electron chi connectivity index (χ1n) is 6.28. The monoisotopic (exact) mass is 315 g/mol. The molecule has 1 aromatic heterocycles. The number of benzene rings is 1. The van der Waals surface area contributed by atoms with Gasteiger partial charge in [0.1, 0.15) is 5.69 Å². The highest BCUT2D eigenvalue weighted by molar-refractivity contribution is 6.07. The molecular formula is C14H12F3NO4. The van der Waals surface area contributed by atoms with Crippen LogP contribution in [0.25, 0.3) is 10.9 Å². The van der Waals surface area contributed by atoms with E-state index in [2.05, 4.69) is 9.72 Å². The summed E-state index contributed by atoms with van der Waals surface area (Å²) in [4.78, 5) is 25.5. The van der Waals surface area contributed by atoms with E-state index >= 15 is 0 Å². The normalized spacial score (nSPS) is 11.5. The molecule has 0 aliphatic heterocycles. The predicted octanol–water partition coefficient (Wildman–Crippen LogP) is 3.15. The maximum absolute atomic E-state index is 13.0. The first kappa shape index (κ1) is 15.9. The van der Waals surface area contributed by atoms with E-state index in [9.17, 15) is 22.8 Å². The van der Waals surface area contributed by atoms with Crippen molar-refractivity contribution in [2.75, 3.05) is 13.7 Å². The van der Waals surface area contributed by atoms with Crippen molar-refractivity contribution in [1.82, 2.24) is 4.98 Å². The zero-order valence-corrected chi connectivity index (χ0v) is 11.7. The summed E-state index contributed by atoms with van der Waals surface area (Å²) in [6.07, 6.45) is -4.76. The molecule has 1 aromatic carbocycles. The molecule has 0 unspecified atom stereocenters. The number of nitrogens with one attached hydrogen (secondary N) is 1. The van der Waals surface area contributed by atoms with Crippen LogP contribution in [0.4, 0.5) is 13.2 Å². The van der Waals surface area contributed by atoms with Crippen LogP contribution in [0.1, 0.15) is 33.3 Å². The third-order valence-corrected chi connectivity index (χ3v) is 2.98. The highest BCUT2D eigenvalue weighted by atomic mass is 19.4. The van der Waals surface area contributed by atoms with E-state index in [0.717, 1.165) is 7.11 Å². The predicted molar refractivity (Wildman–Crippen MR) is 70.6 cm³/mol. The van der Waals surface area contributed by atoms with Crippen LogP contribution in [0, 0.1) is 0 Å². The van der Waals surface area contributed by atoms with Crippen LogP contribution in [0.5, 0.6) is 0 Å². The largest absolute Gasteiger partial charge is 0.465 e. The zero-order valence-electron chi connectivity index (χ0n) is 11.7. The van der Waals surface area contributed by atoms with Crippen molar-refractivity contribution in [3.05, 3.63) is 35.0 Å². The number of hydrogen-bond acceptors (Lipinski definition) is 4. The van der Waals surface area contributed by atoms with Crippen LogP contribution in [0.2, 0.25) is 0 Å². The molecule has 0 aliphatic carbocycles. The number of H-pyrrole nitrogens is 1. The maximum Gasteiger partial charge on any atom is 0.432 e. The van der Waals surface area contributed by atoms with Crippen molar-refractivity contribution in [2.24, 2.45) is 0 Å². The third-order valence-electron chi connectivity index (χ3n) is 2.98. The van der Waals surface area contributed by atoms with E-state index in [4.69, 9.17) is 4.74 Å². The molecule has 2 rings (SSSR count). The number of methoxy groups -OCH3 is 1. The lowest BCUT2D eigenvalue weighted by atomic mass is 10.1.